The van der Waals surface area contributed by atoms with Gasteiger partial charge in [-0.1, -0.05) is 36.4 Å². The van der Waals surface area contributed by atoms with Crippen molar-refractivity contribution in [2.75, 3.05) is 16.8 Å². The third kappa shape index (κ3) is 4.35. The molecule has 0 bridgehead atoms. The smallest absolute Gasteiger partial charge is 0.254 e. The zero-order valence-corrected chi connectivity index (χ0v) is 19.9. The van der Waals surface area contributed by atoms with Gasteiger partial charge in [-0.15, -0.1) is 0 Å². The summed E-state index contributed by atoms with van der Waals surface area (Å²) in [6, 6.07) is 16.4. The number of amides is 2. The van der Waals surface area contributed by atoms with Crippen LogP contribution in [0, 0.1) is 13.8 Å². The fraction of sp³-hybridized carbons (Fsp3) is 0.259. The molecule has 8 nitrogen and oxygen atoms in total. The number of aromatic nitrogens is 3. The molecule has 0 spiro atoms. The lowest BCUT2D eigenvalue weighted by atomic mass is 10.1. The van der Waals surface area contributed by atoms with Crippen LogP contribution in [0.25, 0.3) is 5.65 Å². The number of para-hydroxylation sites is 2. The summed E-state index contributed by atoms with van der Waals surface area (Å²) < 4.78 is 1.61. The maximum absolute atomic E-state index is 12.9. The predicted octanol–water partition coefficient (Wildman–Crippen LogP) is 3.58. The van der Waals surface area contributed by atoms with Crippen molar-refractivity contribution in [3.8, 4) is 0 Å². The predicted molar refractivity (Wildman–Crippen MR) is 136 cm³/mol. The topological polar surface area (TPSA) is 106 Å². The number of nitrogens with two attached hydrogens (primary N) is 1. The molecule has 5 rings (SSSR count). The number of carbonyl (C=O) groups is 2. The van der Waals surface area contributed by atoms with Gasteiger partial charge in [-0.25, -0.2) is 9.50 Å². The SMILES string of the molecule is Cc1nc2c(C(N)=O)cnn2c(C)c1CCC(=O)Nc1ccccc1CN1CCc2ccccc21. The Morgan fingerprint density at radius 2 is 1.86 bits per heavy atom. The Kier molecular flexibility index (Phi) is 5.94. The van der Waals surface area contributed by atoms with E-state index in [1.54, 1.807) is 4.52 Å². The van der Waals surface area contributed by atoms with Crippen molar-refractivity contribution in [2.24, 2.45) is 5.73 Å². The van der Waals surface area contributed by atoms with Gasteiger partial charge in [0.1, 0.15) is 5.56 Å². The summed E-state index contributed by atoms with van der Waals surface area (Å²) in [5.74, 6) is -0.619. The molecule has 35 heavy (non-hydrogen) atoms. The summed E-state index contributed by atoms with van der Waals surface area (Å²) in [5.41, 5.74) is 13.3. The second-order valence-corrected chi connectivity index (χ2v) is 8.92. The monoisotopic (exact) mass is 468 g/mol. The van der Waals surface area contributed by atoms with Gasteiger partial charge in [-0.05, 0) is 55.5 Å². The molecule has 8 heteroatoms. The van der Waals surface area contributed by atoms with E-state index in [0.717, 1.165) is 47.7 Å². The van der Waals surface area contributed by atoms with Crippen LogP contribution in [0.15, 0.2) is 54.7 Å². The normalized spacial score (nSPS) is 12.7. The highest BCUT2D eigenvalue weighted by Gasteiger charge is 2.20. The van der Waals surface area contributed by atoms with Crippen molar-refractivity contribution in [1.29, 1.82) is 0 Å². The van der Waals surface area contributed by atoms with Crippen LogP contribution in [0.2, 0.25) is 0 Å². The first kappa shape index (κ1) is 22.6. The van der Waals surface area contributed by atoms with Gasteiger partial charge >= 0.3 is 0 Å². The zero-order chi connectivity index (χ0) is 24.5. The summed E-state index contributed by atoms with van der Waals surface area (Å²) in [6.45, 7) is 5.51. The summed E-state index contributed by atoms with van der Waals surface area (Å²) in [7, 11) is 0. The number of anilines is 2. The molecular formula is C27H28N6O2. The van der Waals surface area contributed by atoms with Crippen LogP contribution < -0.4 is 16.0 Å². The fourth-order valence-corrected chi connectivity index (χ4v) is 4.85. The summed E-state index contributed by atoms with van der Waals surface area (Å²) in [5, 5.41) is 7.36. The van der Waals surface area contributed by atoms with Gasteiger partial charge in [-0.3, -0.25) is 9.59 Å². The van der Waals surface area contributed by atoms with Crippen molar-refractivity contribution in [3.05, 3.63) is 88.4 Å². The zero-order valence-electron chi connectivity index (χ0n) is 19.9. The second kappa shape index (κ2) is 9.21. The Hall–Kier alpha value is -4.20. The first-order chi connectivity index (χ1) is 16.9. The molecule has 0 radical (unpaired) electrons. The number of nitrogens with one attached hydrogen (secondary N) is 1. The van der Waals surface area contributed by atoms with Gasteiger partial charge in [-0.2, -0.15) is 5.10 Å². The van der Waals surface area contributed by atoms with Gasteiger partial charge in [0.15, 0.2) is 5.65 Å². The Balaban J connectivity index is 1.29. The van der Waals surface area contributed by atoms with E-state index in [0.29, 0.717) is 18.5 Å². The number of hydrogen-bond acceptors (Lipinski definition) is 5. The van der Waals surface area contributed by atoms with E-state index in [9.17, 15) is 9.59 Å². The van der Waals surface area contributed by atoms with Crippen molar-refractivity contribution in [3.63, 3.8) is 0 Å². The van der Waals surface area contributed by atoms with Crippen LogP contribution in [-0.4, -0.2) is 33.0 Å². The highest BCUT2D eigenvalue weighted by molar-refractivity contribution is 5.98. The van der Waals surface area contributed by atoms with Gasteiger partial charge in [0.05, 0.1) is 6.20 Å². The number of nitrogens with zero attached hydrogens (tertiary/aromatic N) is 4. The Morgan fingerprint density at radius 1 is 1.09 bits per heavy atom. The van der Waals surface area contributed by atoms with Gasteiger partial charge in [0, 0.05) is 42.3 Å². The number of aryl methyl sites for hydroxylation is 2. The first-order valence-corrected chi connectivity index (χ1v) is 11.8. The van der Waals surface area contributed by atoms with Crippen LogP contribution in [0.1, 0.15) is 44.9 Å². The maximum Gasteiger partial charge on any atom is 0.254 e. The summed E-state index contributed by atoms with van der Waals surface area (Å²) >= 11 is 0. The Labute approximate surface area is 203 Å². The molecule has 0 saturated carbocycles. The molecule has 0 unspecified atom stereocenters. The number of rotatable bonds is 7. The minimum atomic E-state index is -0.561. The molecule has 0 aliphatic carbocycles. The number of primary amides is 1. The van der Waals surface area contributed by atoms with E-state index in [1.165, 1.54) is 17.4 Å². The highest BCUT2D eigenvalue weighted by Crippen LogP contribution is 2.30. The van der Waals surface area contributed by atoms with Gasteiger partial charge < -0.3 is 16.0 Å². The number of fused-ring (bicyclic) bond motifs is 2. The molecule has 0 saturated heterocycles. The highest BCUT2D eigenvalue weighted by atomic mass is 16.2. The van der Waals surface area contributed by atoms with E-state index >= 15 is 0 Å². The third-order valence-electron chi connectivity index (χ3n) is 6.71. The Morgan fingerprint density at radius 3 is 2.69 bits per heavy atom. The van der Waals surface area contributed by atoms with Crippen LogP contribution >= 0.6 is 0 Å². The van der Waals surface area contributed by atoms with E-state index in [2.05, 4.69) is 50.6 Å². The quantitative estimate of drug-likeness (QED) is 0.431. The number of hydrogen-bond donors (Lipinski definition) is 2. The molecule has 2 aromatic carbocycles. The molecule has 2 amide bonds. The number of benzene rings is 2. The summed E-state index contributed by atoms with van der Waals surface area (Å²) in [6.07, 6.45) is 3.29. The fourth-order valence-electron chi connectivity index (χ4n) is 4.85. The molecule has 1 aliphatic rings. The standard InChI is InChI=1S/C27H28N6O2/c1-17-21(18(2)33-27(30-17)22(15-29-33)26(28)35)11-12-25(34)31-23-9-5-3-8-20(23)16-32-14-13-19-7-4-6-10-24(19)32/h3-10,15H,11-14,16H2,1-2H3,(H2,28,35)(H,31,34). The largest absolute Gasteiger partial charge is 0.367 e. The average molecular weight is 469 g/mol. The maximum atomic E-state index is 12.9. The lowest BCUT2D eigenvalue weighted by Gasteiger charge is -2.21. The van der Waals surface area contributed by atoms with E-state index in [1.807, 2.05) is 32.0 Å². The van der Waals surface area contributed by atoms with Crippen LogP contribution in [0.4, 0.5) is 11.4 Å². The van der Waals surface area contributed by atoms with Crippen molar-refractivity contribution in [2.45, 2.75) is 39.7 Å². The third-order valence-corrected chi connectivity index (χ3v) is 6.71. The lowest BCUT2D eigenvalue weighted by Crippen LogP contribution is -2.21. The second-order valence-electron chi connectivity index (χ2n) is 8.92. The van der Waals surface area contributed by atoms with Gasteiger partial charge in [0.25, 0.3) is 5.91 Å². The van der Waals surface area contributed by atoms with E-state index < -0.39 is 5.91 Å². The molecule has 3 N–H and O–H groups in total. The van der Waals surface area contributed by atoms with E-state index in [-0.39, 0.29) is 11.5 Å². The van der Waals surface area contributed by atoms with E-state index in [4.69, 9.17) is 5.73 Å². The molecule has 0 fully saturated rings. The molecule has 2 aromatic heterocycles. The van der Waals surface area contributed by atoms with Crippen molar-refractivity contribution in [1.82, 2.24) is 14.6 Å². The molecule has 4 aromatic rings. The molecule has 0 atom stereocenters. The molecule has 1 aliphatic heterocycles. The average Bonchev–Trinajstić information content (AvgIpc) is 3.45. The first-order valence-electron chi connectivity index (χ1n) is 11.8. The van der Waals surface area contributed by atoms with Crippen molar-refractivity contribution < 1.29 is 9.59 Å². The summed E-state index contributed by atoms with van der Waals surface area (Å²) in [4.78, 5) is 31.5. The molecular weight excluding hydrogens is 440 g/mol. The minimum absolute atomic E-state index is 0.0588. The van der Waals surface area contributed by atoms with Gasteiger partial charge in [0.2, 0.25) is 5.91 Å². The minimum Gasteiger partial charge on any atom is -0.367 e. The van der Waals surface area contributed by atoms with Crippen LogP contribution in [-0.2, 0) is 24.2 Å². The Bertz CT molecular complexity index is 1440. The van der Waals surface area contributed by atoms with Crippen molar-refractivity contribution >= 4 is 28.8 Å². The lowest BCUT2D eigenvalue weighted by molar-refractivity contribution is -0.116. The van der Waals surface area contributed by atoms with Crippen LogP contribution in [0.3, 0.4) is 0 Å². The molecule has 3 heterocycles. The number of carbonyl (C=O) groups excluding carboxylic acids is 2. The van der Waals surface area contributed by atoms with Crippen LogP contribution in [0.5, 0.6) is 0 Å². The molecule has 178 valence electrons.